The van der Waals surface area contributed by atoms with Gasteiger partial charge in [-0.05, 0) is 60.7 Å². The molecule has 0 spiro atoms. The van der Waals surface area contributed by atoms with Crippen LogP contribution in [-0.2, 0) is 0 Å². The van der Waals surface area contributed by atoms with E-state index >= 15 is 0 Å². The molecule has 0 amide bonds. The number of benzene rings is 5. The Labute approximate surface area is 267 Å². The highest BCUT2D eigenvalue weighted by molar-refractivity contribution is 6.34. The van der Waals surface area contributed by atoms with Crippen LogP contribution in [-0.4, -0.2) is 28.5 Å². The molecule has 0 saturated heterocycles. The van der Waals surface area contributed by atoms with Crippen molar-refractivity contribution < 1.29 is 0 Å². The van der Waals surface area contributed by atoms with Crippen molar-refractivity contribution in [2.24, 2.45) is 0 Å². The third-order valence-electron chi connectivity index (χ3n) is 9.76. The molecular weight excluding hydrogens is 576 g/mol. The maximum atomic E-state index is 5.15. The molecule has 6 heterocycles. The number of nitrogens with zero attached hydrogens (tertiary/aromatic N) is 6. The summed E-state index contributed by atoms with van der Waals surface area (Å²) in [5.41, 5.74) is 10.8. The van der Waals surface area contributed by atoms with E-state index in [9.17, 15) is 0 Å². The Morgan fingerprint density at radius 1 is 0.404 bits per heavy atom. The molecule has 11 aromatic rings. The fourth-order valence-electron chi connectivity index (χ4n) is 7.94. The van der Waals surface area contributed by atoms with E-state index in [1.165, 1.54) is 32.6 Å². The lowest BCUT2D eigenvalue weighted by Crippen LogP contribution is -1.97. The Hall–Kier alpha value is -6.53. The van der Waals surface area contributed by atoms with Crippen LogP contribution in [0.25, 0.3) is 93.3 Å². The number of pyridine rings is 3. The molecule has 0 aliphatic heterocycles. The molecule has 6 aromatic heterocycles. The molecule has 6 heteroatoms. The van der Waals surface area contributed by atoms with Crippen LogP contribution in [0.2, 0.25) is 0 Å². The first-order valence-corrected chi connectivity index (χ1v) is 15.8. The van der Waals surface area contributed by atoms with Crippen molar-refractivity contribution in [1.82, 2.24) is 28.5 Å². The van der Waals surface area contributed by atoms with Gasteiger partial charge in [-0.3, -0.25) is 14.4 Å². The summed E-state index contributed by atoms with van der Waals surface area (Å²) >= 11 is 0. The second-order valence-corrected chi connectivity index (χ2v) is 12.1. The summed E-state index contributed by atoms with van der Waals surface area (Å²) in [5, 5.41) is 8.23. The van der Waals surface area contributed by atoms with Crippen molar-refractivity contribution in [3.8, 4) is 11.4 Å². The van der Waals surface area contributed by atoms with Gasteiger partial charge < -0.3 is 9.13 Å². The molecule has 218 valence electrons. The molecule has 0 N–H and O–H groups in total. The van der Waals surface area contributed by atoms with E-state index < -0.39 is 0 Å². The maximum Gasteiger partial charge on any atom is 0.146 e. The zero-order valence-corrected chi connectivity index (χ0v) is 25.0. The van der Waals surface area contributed by atoms with E-state index in [2.05, 4.69) is 139 Å². The lowest BCUT2D eigenvalue weighted by molar-refractivity contribution is 1.17. The average Bonchev–Trinajstić information content (AvgIpc) is 3.80. The first kappa shape index (κ1) is 24.8. The maximum absolute atomic E-state index is 5.15. The van der Waals surface area contributed by atoms with Gasteiger partial charge in [0.25, 0.3) is 0 Å². The van der Waals surface area contributed by atoms with E-state index in [0.717, 1.165) is 60.8 Å². The van der Waals surface area contributed by atoms with Gasteiger partial charge in [0.15, 0.2) is 0 Å². The van der Waals surface area contributed by atoms with Gasteiger partial charge in [-0.1, -0.05) is 60.7 Å². The molecule has 0 saturated carbocycles. The van der Waals surface area contributed by atoms with Crippen LogP contribution < -0.4 is 0 Å². The highest BCUT2D eigenvalue weighted by Crippen LogP contribution is 2.46. The molecule has 0 atom stereocenters. The van der Waals surface area contributed by atoms with Crippen molar-refractivity contribution in [3.63, 3.8) is 0 Å². The monoisotopic (exact) mass is 600 g/mol. The Morgan fingerprint density at radius 3 is 1.85 bits per heavy atom. The molecule has 0 radical (unpaired) electrons. The molecule has 0 unspecified atom stereocenters. The fraction of sp³-hybridized carbons (Fsp3) is 0. The van der Waals surface area contributed by atoms with Gasteiger partial charge in [0.1, 0.15) is 11.2 Å². The number of aromatic nitrogens is 6. The number of rotatable bonds is 2. The van der Waals surface area contributed by atoms with Crippen LogP contribution in [0.3, 0.4) is 0 Å². The SMILES string of the molecule is c1ccc(-n2c3ccccc3c3c4c5ccc6c(c7cnccc7n7c8ccncc8nc67)c5n(-c5ccccc5)c4ccc32)cc1. The van der Waals surface area contributed by atoms with Gasteiger partial charge in [0, 0.05) is 67.7 Å². The molecule has 0 aliphatic carbocycles. The van der Waals surface area contributed by atoms with Crippen LogP contribution in [0, 0.1) is 0 Å². The third-order valence-corrected chi connectivity index (χ3v) is 9.76. The van der Waals surface area contributed by atoms with E-state index in [-0.39, 0.29) is 0 Å². The van der Waals surface area contributed by atoms with Crippen LogP contribution in [0.15, 0.2) is 146 Å². The molecule has 47 heavy (non-hydrogen) atoms. The van der Waals surface area contributed by atoms with Crippen LogP contribution in [0.5, 0.6) is 0 Å². The summed E-state index contributed by atoms with van der Waals surface area (Å²) in [6, 6.07) is 43.4. The van der Waals surface area contributed by atoms with Gasteiger partial charge in [-0.15, -0.1) is 0 Å². The Morgan fingerprint density at radius 2 is 1.04 bits per heavy atom. The summed E-state index contributed by atoms with van der Waals surface area (Å²) in [6.07, 6.45) is 7.56. The zero-order chi connectivity index (χ0) is 30.6. The number of hydrogen-bond donors (Lipinski definition) is 0. The predicted octanol–water partition coefficient (Wildman–Crippen LogP) is 9.78. The van der Waals surface area contributed by atoms with E-state index in [1.54, 1.807) is 0 Å². The molecule has 11 rings (SSSR count). The normalized spacial score (nSPS) is 12.3. The fourth-order valence-corrected chi connectivity index (χ4v) is 7.94. The minimum Gasteiger partial charge on any atom is -0.309 e. The standard InChI is InChI=1S/C41H24N6/c1-3-9-25(10-4-1)45-32-14-8-7-13-27(32)38-35(45)17-18-36-39(38)28-15-16-29-37(40(28)46(36)26-11-5-2-6-12-26)30-23-42-21-19-33(30)47-34-20-22-43-24-31(34)44-41(29)47/h1-24H. The second kappa shape index (κ2) is 9.02. The first-order chi connectivity index (χ1) is 23.4. The summed E-state index contributed by atoms with van der Waals surface area (Å²) < 4.78 is 7.08. The lowest BCUT2D eigenvalue weighted by Gasteiger charge is -2.13. The van der Waals surface area contributed by atoms with Gasteiger partial charge in [-0.25, -0.2) is 4.98 Å². The number of imidazole rings is 1. The Bertz CT molecular complexity index is 3060. The number of fused-ring (bicyclic) bond motifs is 16. The van der Waals surface area contributed by atoms with Gasteiger partial charge in [-0.2, -0.15) is 0 Å². The highest BCUT2D eigenvalue weighted by Gasteiger charge is 2.24. The second-order valence-electron chi connectivity index (χ2n) is 12.1. The van der Waals surface area contributed by atoms with Crippen LogP contribution in [0.4, 0.5) is 0 Å². The van der Waals surface area contributed by atoms with Crippen molar-refractivity contribution in [2.45, 2.75) is 0 Å². The van der Waals surface area contributed by atoms with Gasteiger partial charge >= 0.3 is 0 Å². The predicted molar refractivity (Wildman–Crippen MR) is 192 cm³/mol. The highest BCUT2D eigenvalue weighted by atomic mass is 15.0. The first-order valence-electron chi connectivity index (χ1n) is 15.8. The number of para-hydroxylation sites is 3. The van der Waals surface area contributed by atoms with E-state index in [4.69, 9.17) is 4.98 Å². The largest absolute Gasteiger partial charge is 0.309 e. The lowest BCUT2D eigenvalue weighted by atomic mass is 10.0. The molecule has 0 bridgehead atoms. The average molecular weight is 601 g/mol. The zero-order valence-electron chi connectivity index (χ0n) is 25.0. The van der Waals surface area contributed by atoms with Gasteiger partial charge in [0.05, 0.1) is 39.3 Å². The molecule has 5 aromatic carbocycles. The van der Waals surface area contributed by atoms with Crippen molar-refractivity contribution >= 4 is 82.0 Å². The Kier molecular flexibility index (Phi) is 4.75. The third kappa shape index (κ3) is 3.16. The molecular formula is C41H24N6. The van der Waals surface area contributed by atoms with Crippen molar-refractivity contribution in [3.05, 3.63) is 146 Å². The molecule has 0 fully saturated rings. The van der Waals surface area contributed by atoms with Crippen LogP contribution in [0.1, 0.15) is 0 Å². The summed E-state index contributed by atoms with van der Waals surface area (Å²) in [4.78, 5) is 14.2. The minimum atomic E-state index is 0.872. The number of hydrogen-bond acceptors (Lipinski definition) is 3. The van der Waals surface area contributed by atoms with Gasteiger partial charge in [0.2, 0.25) is 0 Å². The topological polar surface area (TPSA) is 52.9 Å². The Balaban J connectivity index is 1.43. The van der Waals surface area contributed by atoms with Crippen LogP contribution >= 0.6 is 0 Å². The van der Waals surface area contributed by atoms with Crippen molar-refractivity contribution in [2.75, 3.05) is 0 Å². The molecule has 6 nitrogen and oxygen atoms in total. The van der Waals surface area contributed by atoms with Crippen molar-refractivity contribution in [1.29, 1.82) is 0 Å². The minimum absolute atomic E-state index is 0.872. The quantitative estimate of drug-likeness (QED) is 0.186. The van der Waals surface area contributed by atoms with E-state index in [0.29, 0.717) is 0 Å². The summed E-state index contributed by atoms with van der Waals surface area (Å²) in [7, 11) is 0. The smallest absolute Gasteiger partial charge is 0.146 e. The molecule has 0 aliphatic rings. The van der Waals surface area contributed by atoms with E-state index in [1.807, 2.05) is 30.9 Å². The summed E-state index contributed by atoms with van der Waals surface area (Å²) in [5.74, 6) is 0. The summed E-state index contributed by atoms with van der Waals surface area (Å²) in [6.45, 7) is 0.